The van der Waals surface area contributed by atoms with Gasteiger partial charge in [-0.3, -0.25) is 10.1 Å². The van der Waals surface area contributed by atoms with Crippen molar-refractivity contribution in [2.24, 2.45) is 0 Å². The minimum atomic E-state index is -0.508. The van der Waals surface area contributed by atoms with Gasteiger partial charge in [-0.1, -0.05) is 46.4 Å². The number of carbonyl (C=O) groups is 1. The molecule has 1 heterocycles. The standard InChI is InChI=1S/C17H13Cl4NO3/c1-24-7-3-9(18)13(10(19)4-7)15-16(22-15)17(23)14-11(20)5-8(25-2)6-12(14)21/h3-6,15-16,22H,1-2H3/t15-,16+/m0/s1. The Bertz CT molecular complexity index is 810. The molecule has 0 radical (unpaired) electrons. The van der Waals surface area contributed by atoms with E-state index in [4.69, 9.17) is 55.9 Å². The van der Waals surface area contributed by atoms with Crippen LogP contribution in [0.2, 0.25) is 20.1 Å². The van der Waals surface area contributed by atoms with E-state index in [2.05, 4.69) is 5.32 Å². The lowest BCUT2D eigenvalue weighted by molar-refractivity contribution is 0.0988. The van der Waals surface area contributed by atoms with Crippen molar-refractivity contribution in [3.63, 3.8) is 0 Å². The molecule has 0 aromatic heterocycles. The summed E-state index contributed by atoms with van der Waals surface area (Å²) in [5.74, 6) is 0.794. The summed E-state index contributed by atoms with van der Waals surface area (Å²) >= 11 is 25.0. The molecule has 0 saturated carbocycles. The van der Waals surface area contributed by atoms with Crippen LogP contribution >= 0.6 is 46.4 Å². The Morgan fingerprint density at radius 3 is 1.76 bits per heavy atom. The highest BCUT2D eigenvalue weighted by Crippen LogP contribution is 2.43. The molecule has 2 atom stereocenters. The van der Waals surface area contributed by atoms with Crippen LogP contribution in [-0.2, 0) is 0 Å². The molecule has 25 heavy (non-hydrogen) atoms. The van der Waals surface area contributed by atoms with Crippen LogP contribution in [-0.4, -0.2) is 26.0 Å². The second-order valence-corrected chi connectivity index (χ2v) is 7.09. The first-order valence-electron chi connectivity index (χ1n) is 7.23. The summed E-state index contributed by atoms with van der Waals surface area (Å²) < 4.78 is 10.2. The molecule has 0 aliphatic carbocycles. The zero-order valence-electron chi connectivity index (χ0n) is 13.2. The highest BCUT2D eigenvalue weighted by molar-refractivity contribution is 6.40. The SMILES string of the molecule is COc1cc(Cl)c(C(=O)[C@@H]2N[C@H]2c2c(Cl)cc(OC)cc2Cl)c(Cl)c1. The fraction of sp³-hybridized carbons (Fsp3) is 0.235. The summed E-state index contributed by atoms with van der Waals surface area (Å²) in [5.41, 5.74) is 0.883. The molecular formula is C17H13Cl4NO3. The smallest absolute Gasteiger partial charge is 0.184 e. The third-order valence-corrected chi connectivity index (χ3v) is 5.18. The molecule has 132 valence electrons. The van der Waals surface area contributed by atoms with Gasteiger partial charge in [0.1, 0.15) is 11.5 Å². The monoisotopic (exact) mass is 419 g/mol. The minimum absolute atomic E-state index is 0.230. The van der Waals surface area contributed by atoms with Gasteiger partial charge < -0.3 is 9.47 Å². The van der Waals surface area contributed by atoms with Gasteiger partial charge in [0.2, 0.25) is 0 Å². The van der Waals surface area contributed by atoms with E-state index >= 15 is 0 Å². The van der Waals surface area contributed by atoms with Gasteiger partial charge in [-0.05, 0) is 24.3 Å². The number of carbonyl (C=O) groups excluding carboxylic acids is 1. The average molecular weight is 421 g/mol. The van der Waals surface area contributed by atoms with E-state index in [-0.39, 0.29) is 27.4 Å². The molecule has 1 saturated heterocycles. The van der Waals surface area contributed by atoms with Gasteiger partial charge in [0.15, 0.2) is 5.78 Å². The topological polar surface area (TPSA) is 57.5 Å². The maximum Gasteiger partial charge on any atom is 0.184 e. The number of rotatable bonds is 5. The fourth-order valence-electron chi connectivity index (χ4n) is 2.65. The van der Waals surface area contributed by atoms with Crippen molar-refractivity contribution >= 4 is 52.2 Å². The lowest BCUT2D eigenvalue weighted by atomic mass is 10.0. The maximum atomic E-state index is 12.8. The number of hydrogen-bond donors (Lipinski definition) is 1. The van der Waals surface area contributed by atoms with Crippen LogP contribution in [0.3, 0.4) is 0 Å². The fourth-order valence-corrected chi connectivity index (χ4v) is 4.01. The Morgan fingerprint density at radius 1 is 0.880 bits per heavy atom. The van der Waals surface area contributed by atoms with Crippen LogP contribution in [0.15, 0.2) is 24.3 Å². The van der Waals surface area contributed by atoms with Crippen molar-refractivity contribution in [3.05, 3.63) is 55.5 Å². The molecule has 4 nitrogen and oxygen atoms in total. The molecule has 2 aromatic carbocycles. The number of nitrogens with one attached hydrogen (secondary N) is 1. The Labute approximate surface area is 164 Å². The summed E-state index contributed by atoms with van der Waals surface area (Å²) in [4.78, 5) is 12.8. The molecule has 0 spiro atoms. The van der Waals surface area contributed by atoms with E-state index in [1.165, 1.54) is 14.2 Å². The van der Waals surface area contributed by atoms with Gasteiger partial charge in [0.05, 0.1) is 52.0 Å². The first kappa shape index (κ1) is 18.6. The molecule has 8 heteroatoms. The van der Waals surface area contributed by atoms with Crippen LogP contribution in [0.1, 0.15) is 22.0 Å². The van der Waals surface area contributed by atoms with Gasteiger partial charge >= 0.3 is 0 Å². The molecule has 0 amide bonds. The summed E-state index contributed by atoms with van der Waals surface area (Å²) in [7, 11) is 3.02. The molecule has 0 unspecified atom stereocenters. The van der Waals surface area contributed by atoms with Crippen LogP contribution in [0.4, 0.5) is 0 Å². The normalized spacial score (nSPS) is 18.8. The molecule has 1 aliphatic heterocycles. The molecule has 1 N–H and O–H groups in total. The number of halogens is 4. The number of ketones is 1. The number of hydrogen-bond acceptors (Lipinski definition) is 4. The van der Waals surface area contributed by atoms with Gasteiger partial charge in [-0.25, -0.2) is 0 Å². The van der Waals surface area contributed by atoms with Crippen molar-refractivity contribution in [1.29, 1.82) is 0 Å². The summed E-state index contributed by atoms with van der Waals surface area (Å²) in [6, 6.07) is 5.57. The second-order valence-electron chi connectivity index (χ2n) is 5.46. The lowest BCUT2D eigenvalue weighted by Gasteiger charge is -2.10. The van der Waals surface area contributed by atoms with Crippen molar-refractivity contribution < 1.29 is 14.3 Å². The molecule has 2 aromatic rings. The predicted octanol–water partition coefficient (Wildman–Crippen LogP) is 5.21. The van der Waals surface area contributed by atoms with Crippen molar-refractivity contribution in [2.45, 2.75) is 12.1 Å². The van der Waals surface area contributed by atoms with E-state index in [1.807, 2.05) is 0 Å². The molecule has 3 rings (SSSR count). The van der Waals surface area contributed by atoms with Gasteiger partial charge in [0.25, 0.3) is 0 Å². The van der Waals surface area contributed by atoms with Crippen LogP contribution in [0.25, 0.3) is 0 Å². The lowest BCUT2D eigenvalue weighted by Crippen LogP contribution is -2.12. The zero-order valence-corrected chi connectivity index (χ0v) is 16.2. The Balaban J connectivity index is 1.89. The van der Waals surface area contributed by atoms with Crippen LogP contribution < -0.4 is 14.8 Å². The van der Waals surface area contributed by atoms with Crippen LogP contribution in [0.5, 0.6) is 11.5 Å². The van der Waals surface area contributed by atoms with Crippen molar-refractivity contribution in [3.8, 4) is 11.5 Å². The Morgan fingerprint density at radius 2 is 1.32 bits per heavy atom. The van der Waals surface area contributed by atoms with Gasteiger partial charge in [0, 0.05) is 5.56 Å². The second kappa shape index (κ2) is 7.22. The van der Waals surface area contributed by atoms with E-state index in [0.29, 0.717) is 27.1 Å². The summed E-state index contributed by atoms with van der Waals surface area (Å²) in [6.45, 7) is 0. The molecular weight excluding hydrogens is 408 g/mol. The maximum absolute atomic E-state index is 12.8. The van der Waals surface area contributed by atoms with E-state index in [9.17, 15) is 4.79 Å². The third kappa shape index (κ3) is 3.55. The number of benzene rings is 2. The van der Waals surface area contributed by atoms with E-state index in [1.54, 1.807) is 24.3 Å². The van der Waals surface area contributed by atoms with E-state index in [0.717, 1.165) is 0 Å². The molecule has 1 fully saturated rings. The van der Waals surface area contributed by atoms with Gasteiger partial charge in [-0.15, -0.1) is 0 Å². The van der Waals surface area contributed by atoms with E-state index < -0.39 is 6.04 Å². The van der Waals surface area contributed by atoms with Crippen LogP contribution in [0, 0.1) is 0 Å². The summed E-state index contributed by atoms with van der Waals surface area (Å²) in [6.07, 6.45) is 0. The third-order valence-electron chi connectivity index (χ3n) is 3.96. The average Bonchev–Trinajstić information content (AvgIpc) is 3.33. The van der Waals surface area contributed by atoms with Gasteiger partial charge in [-0.2, -0.15) is 0 Å². The number of Topliss-reactive ketones (excluding diaryl/α,β-unsaturated/α-hetero) is 1. The molecule has 0 bridgehead atoms. The first-order valence-corrected chi connectivity index (χ1v) is 8.74. The molecule has 1 aliphatic rings. The summed E-state index contributed by atoms with van der Waals surface area (Å²) in [5, 5.41) is 4.38. The quantitative estimate of drug-likeness (QED) is 0.532. The largest absolute Gasteiger partial charge is 0.497 e. The zero-order chi connectivity index (χ0) is 18.3. The highest BCUT2D eigenvalue weighted by atomic mass is 35.5. The first-order chi connectivity index (χ1) is 11.9. The Hall–Kier alpha value is -1.17. The van der Waals surface area contributed by atoms with Crippen molar-refractivity contribution in [1.82, 2.24) is 5.32 Å². The Kier molecular flexibility index (Phi) is 5.37. The number of ether oxygens (including phenoxy) is 2. The predicted molar refractivity (Wildman–Crippen MR) is 100 cm³/mol. The highest BCUT2D eigenvalue weighted by Gasteiger charge is 2.46. The van der Waals surface area contributed by atoms with Crippen molar-refractivity contribution in [2.75, 3.05) is 14.2 Å². The number of methoxy groups -OCH3 is 2. The minimum Gasteiger partial charge on any atom is -0.497 e.